The molecular formula is C16H22O4. The van der Waals surface area contributed by atoms with Crippen LogP contribution >= 0.6 is 0 Å². The summed E-state index contributed by atoms with van der Waals surface area (Å²) in [5, 5.41) is 8.98. The first-order chi connectivity index (χ1) is 9.56. The first-order valence-corrected chi connectivity index (χ1v) is 7.34. The lowest BCUT2D eigenvalue weighted by molar-refractivity contribution is -0.148. The molecule has 2 unspecified atom stereocenters. The van der Waals surface area contributed by atoms with Crippen molar-refractivity contribution in [2.45, 2.75) is 45.4 Å². The maximum Gasteiger partial charge on any atom is 0.331 e. The van der Waals surface area contributed by atoms with Crippen molar-refractivity contribution < 1.29 is 19.4 Å². The summed E-state index contributed by atoms with van der Waals surface area (Å²) in [5.41, 5.74) is 1.70. The predicted octanol–water partition coefficient (Wildman–Crippen LogP) is 3.09. The zero-order valence-electron chi connectivity index (χ0n) is 11.9. The van der Waals surface area contributed by atoms with E-state index < -0.39 is 5.97 Å². The lowest BCUT2D eigenvalue weighted by Gasteiger charge is -2.22. The van der Waals surface area contributed by atoms with Gasteiger partial charge < -0.3 is 9.84 Å². The molecule has 110 valence electrons. The van der Waals surface area contributed by atoms with Gasteiger partial charge in [0.1, 0.15) is 0 Å². The molecule has 4 nitrogen and oxygen atoms in total. The normalized spacial score (nSPS) is 26.4. The van der Waals surface area contributed by atoms with Gasteiger partial charge in [-0.05, 0) is 45.4 Å². The fourth-order valence-electron chi connectivity index (χ4n) is 2.91. The van der Waals surface area contributed by atoms with Gasteiger partial charge in [0.05, 0.1) is 12.5 Å². The minimum atomic E-state index is -0.855. The number of ether oxygens (including phenoxy) is 1. The van der Waals surface area contributed by atoms with Crippen LogP contribution in [0.1, 0.15) is 45.4 Å². The van der Waals surface area contributed by atoms with E-state index in [1.165, 1.54) is 5.57 Å². The number of esters is 1. The van der Waals surface area contributed by atoms with Gasteiger partial charge in [0.25, 0.3) is 0 Å². The van der Waals surface area contributed by atoms with Crippen molar-refractivity contribution in [1.29, 1.82) is 0 Å². The number of hydrogen-bond acceptors (Lipinski definition) is 3. The molecular weight excluding hydrogens is 256 g/mol. The third-order valence-electron chi connectivity index (χ3n) is 4.05. The SMILES string of the molecule is CC1=CC(C(=O)OCC2C=C(C(=O)O)CCC2)CCC1. The third kappa shape index (κ3) is 3.95. The van der Waals surface area contributed by atoms with E-state index in [1.54, 1.807) is 6.08 Å². The van der Waals surface area contributed by atoms with Crippen LogP contribution in [0.5, 0.6) is 0 Å². The molecule has 20 heavy (non-hydrogen) atoms. The van der Waals surface area contributed by atoms with Gasteiger partial charge in [0.2, 0.25) is 0 Å². The number of carboxylic acids is 1. The zero-order valence-corrected chi connectivity index (χ0v) is 11.9. The van der Waals surface area contributed by atoms with Crippen LogP contribution in [0.15, 0.2) is 23.3 Å². The monoisotopic (exact) mass is 278 g/mol. The summed E-state index contributed by atoms with van der Waals surface area (Å²) in [6, 6.07) is 0. The third-order valence-corrected chi connectivity index (χ3v) is 4.05. The van der Waals surface area contributed by atoms with Crippen molar-refractivity contribution in [3.63, 3.8) is 0 Å². The Morgan fingerprint density at radius 2 is 2.00 bits per heavy atom. The molecule has 0 aromatic carbocycles. The molecule has 0 aliphatic heterocycles. The average Bonchev–Trinajstić information content (AvgIpc) is 2.45. The molecule has 0 amide bonds. The van der Waals surface area contributed by atoms with Crippen molar-refractivity contribution in [3.8, 4) is 0 Å². The molecule has 0 spiro atoms. The summed E-state index contributed by atoms with van der Waals surface area (Å²) in [6.45, 7) is 2.35. The molecule has 2 rings (SSSR count). The first kappa shape index (κ1) is 14.8. The Balaban J connectivity index is 1.86. The summed E-state index contributed by atoms with van der Waals surface area (Å²) in [7, 11) is 0. The standard InChI is InChI=1S/C16H22O4/c1-11-4-2-7-14(8-11)16(19)20-10-12-5-3-6-13(9-12)15(17)18/h8-9,12,14H,2-7,10H2,1H3,(H,17,18). The Labute approximate surface area is 119 Å². The van der Waals surface area contributed by atoms with E-state index >= 15 is 0 Å². The minimum absolute atomic E-state index is 0.0486. The van der Waals surface area contributed by atoms with E-state index in [0.717, 1.165) is 32.1 Å². The Kier molecular flexibility index (Phi) is 4.99. The van der Waals surface area contributed by atoms with Crippen molar-refractivity contribution in [2.24, 2.45) is 11.8 Å². The molecule has 0 fully saturated rings. The highest BCUT2D eigenvalue weighted by Crippen LogP contribution is 2.26. The van der Waals surface area contributed by atoms with E-state index in [9.17, 15) is 9.59 Å². The van der Waals surface area contributed by atoms with Crippen molar-refractivity contribution in [1.82, 2.24) is 0 Å². The molecule has 0 saturated carbocycles. The van der Waals surface area contributed by atoms with Crippen LogP contribution in [-0.2, 0) is 14.3 Å². The summed E-state index contributed by atoms with van der Waals surface area (Å²) < 4.78 is 5.38. The molecule has 0 bridgehead atoms. The molecule has 0 radical (unpaired) electrons. The predicted molar refractivity (Wildman–Crippen MR) is 75.1 cm³/mol. The fraction of sp³-hybridized carbons (Fsp3) is 0.625. The fourth-order valence-corrected chi connectivity index (χ4v) is 2.91. The highest BCUT2D eigenvalue weighted by molar-refractivity contribution is 5.86. The van der Waals surface area contributed by atoms with Crippen LogP contribution in [0.4, 0.5) is 0 Å². The van der Waals surface area contributed by atoms with Gasteiger partial charge >= 0.3 is 11.9 Å². The molecule has 2 atom stereocenters. The summed E-state index contributed by atoms with van der Waals surface area (Å²) >= 11 is 0. The highest BCUT2D eigenvalue weighted by Gasteiger charge is 2.23. The molecule has 0 saturated heterocycles. The van der Waals surface area contributed by atoms with E-state index in [4.69, 9.17) is 9.84 Å². The number of carboxylic acid groups (broad SMARTS) is 1. The summed E-state index contributed by atoms with van der Waals surface area (Å²) in [6.07, 6.45) is 9.08. The smallest absolute Gasteiger partial charge is 0.331 e. The Morgan fingerprint density at radius 1 is 1.25 bits per heavy atom. The Bertz CT molecular complexity index is 447. The average molecular weight is 278 g/mol. The van der Waals surface area contributed by atoms with E-state index in [2.05, 4.69) is 0 Å². The minimum Gasteiger partial charge on any atom is -0.478 e. The summed E-state index contributed by atoms with van der Waals surface area (Å²) in [4.78, 5) is 22.9. The quantitative estimate of drug-likeness (QED) is 0.634. The number of aliphatic carboxylic acids is 1. The number of carbonyl (C=O) groups excluding carboxylic acids is 1. The molecule has 1 N–H and O–H groups in total. The Morgan fingerprint density at radius 3 is 2.70 bits per heavy atom. The van der Waals surface area contributed by atoms with Crippen LogP contribution in [-0.4, -0.2) is 23.7 Å². The number of carbonyl (C=O) groups is 2. The second-order valence-corrected chi connectivity index (χ2v) is 5.79. The van der Waals surface area contributed by atoms with Gasteiger partial charge in [0, 0.05) is 11.5 Å². The van der Waals surface area contributed by atoms with Crippen molar-refractivity contribution in [3.05, 3.63) is 23.3 Å². The first-order valence-electron chi connectivity index (χ1n) is 7.34. The van der Waals surface area contributed by atoms with E-state index in [1.807, 2.05) is 13.0 Å². The Hall–Kier alpha value is -1.58. The van der Waals surface area contributed by atoms with Crippen LogP contribution in [0.2, 0.25) is 0 Å². The molecule has 4 heteroatoms. The van der Waals surface area contributed by atoms with Gasteiger partial charge in [-0.15, -0.1) is 0 Å². The van der Waals surface area contributed by atoms with Gasteiger partial charge in [-0.2, -0.15) is 0 Å². The van der Waals surface area contributed by atoms with Crippen LogP contribution in [0, 0.1) is 11.8 Å². The maximum absolute atomic E-state index is 12.0. The molecule has 0 aromatic rings. The van der Waals surface area contributed by atoms with Crippen LogP contribution in [0.3, 0.4) is 0 Å². The second-order valence-electron chi connectivity index (χ2n) is 5.79. The van der Waals surface area contributed by atoms with Gasteiger partial charge in [-0.3, -0.25) is 4.79 Å². The highest BCUT2D eigenvalue weighted by atomic mass is 16.5. The van der Waals surface area contributed by atoms with E-state index in [-0.39, 0.29) is 17.8 Å². The van der Waals surface area contributed by atoms with Crippen LogP contribution < -0.4 is 0 Å². The number of rotatable bonds is 4. The van der Waals surface area contributed by atoms with E-state index in [0.29, 0.717) is 18.6 Å². The molecule has 0 aromatic heterocycles. The largest absolute Gasteiger partial charge is 0.478 e. The maximum atomic E-state index is 12.0. The van der Waals surface area contributed by atoms with Gasteiger partial charge in [-0.1, -0.05) is 17.7 Å². The number of allylic oxidation sites excluding steroid dienone is 1. The zero-order chi connectivity index (χ0) is 14.5. The second kappa shape index (κ2) is 6.73. The molecule has 2 aliphatic carbocycles. The van der Waals surface area contributed by atoms with Gasteiger partial charge in [-0.25, -0.2) is 4.79 Å². The topological polar surface area (TPSA) is 63.6 Å². The molecule has 2 aliphatic rings. The number of hydrogen-bond donors (Lipinski definition) is 1. The lowest BCUT2D eigenvalue weighted by atomic mass is 9.90. The summed E-state index contributed by atoms with van der Waals surface area (Å²) in [5.74, 6) is -1.09. The van der Waals surface area contributed by atoms with Crippen molar-refractivity contribution in [2.75, 3.05) is 6.61 Å². The van der Waals surface area contributed by atoms with Crippen molar-refractivity contribution >= 4 is 11.9 Å². The molecule has 0 heterocycles. The van der Waals surface area contributed by atoms with Crippen LogP contribution in [0.25, 0.3) is 0 Å². The lowest BCUT2D eigenvalue weighted by Crippen LogP contribution is -2.22. The van der Waals surface area contributed by atoms with Gasteiger partial charge in [0.15, 0.2) is 0 Å².